The maximum Gasteiger partial charge on any atom is 0.0279 e. The molecular weight excluding hydrogens is 338 g/mol. The summed E-state index contributed by atoms with van der Waals surface area (Å²) in [5.74, 6) is 0.650. The molecule has 0 fully saturated rings. The van der Waals surface area contributed by atoms with Gasteiger partial charge in [0.1, 0.15) is 0 Å². The van der Waals surface area contributed by atoms with E-state index in [4.69, 9.17) is 0 Å². The molecule has 0 bridgehead atoms. The average molecular weight is 380 g/mol. The fourth-order valence-electron chi connectivity index (χ4n) is 3.49. The van der Waals surface area contributed by atoms with Crippen LogP contribution in [0.15, 0.2) is 71.9 Å². The second-order valence-corrected chi connectivity index (χ2v) is 8.54. The molecule has 28 heavy (non-hydrogen) atoms. The molecule has 0 spiro atoms. The highest BCUT2D eigenvalue weighted by Gasteiger charge is 2.13. The van der Waals surface area contributed by atoms with Crippen molar-refractivity contribution in [2.24, 2.45) is 5.92 Å². The minimum Gasteiger partial charge on any atom is -0.313 e. The SMILES string of the molecule is C=C(C)/C(=C\C=C(/C)Cc1cccc(CCC)c1)CC(=C)C(CC(C)C)NC. The van der Waals surface area contributed by atoms with E-state index in [1.54, 1.807) is 0 Å². The molecule has 0 heterocycles. The van der Waals surface area contributed by atoms with E-state index in [1.165, 1.54) is 34.3 Å². The third-order valence-corrected chi connectivity index (χ3v) is 5.10. The van der Waals surface area contributed by atoms with E-state index >= 15 is 0 Å². The van der Waals surface area contributed by atoms with Gasteiger partial charge in [0.15, 0.2) is 0 Å². The third kappa shape index (κ3) is 8.89. The van der Waals surface area contributed by atoms with Crippen molar-refractivity contribution in [1.82, 2.24) is 5.32 Å². The van der Waals surface area contributed by atoms with Crippen molar-refractivity contribution in [2.75, 3.05) is 7.05 Å². The number of rotatable bonds is 12. The van der Waals surface area contributed by atoms with Gasteiger partial charge in [-0.25, -0.2) is 0 Å². The van der Waals surface area contributed by atoms with E-state index in [0.717, 1.165) is 31.3 Å². The van der Waals surface area contributed by atoms with Crippen molar-refractivity contribution >= 4 is 0 Å². The van der Waals surface area contributed by atoms with Gasteiger partial charge in [0.2, 0.25) is 0 Å². The summed E-state index contributed by atoms with van der Waals surface area (Å²) in [6.45, 7) is 19.6. The van der Waals surface area contributed by atoms with Crippen LogP contribution in [-0.4, -0.2) is 13.1 Å². The molecule has 1 nitrogen and oxygen atoms in total. The number of hydrogen-bond donors (Lipinski definition) is 1. The molecule has 0 saturated heterocycles. The van der Waals surface area contributed by atoms with Crippen LogP contribution >= 0.6 is 0 Å². The molecule has 0 saturated carbocycles. The van der Waals surface area contributed by atoms with Gasteiger partial charge < -0.3 is 5.32 Å². The van der Waals surface area contributed by atoms with Gasteiger partial charge in [0.05, 0.1) is 0 Å². The Balaban J connectivity index is 2.85. The van der Waals surface area contributed by atoms with Crippen LogP contribution in [0, 0.1) is 5.92 Å². The lowest BCUT2D eigenvalue weighted by Crippen LogP contribution is -2.28. The normalized spacial score (nSPS) is 13.7. The molecule has 0 radical (unpaired) electrons. The first-order chi connectivity index (χ1) is 13.3. The van der Waals surface area contributed by atoms with Gasteiger partial charge in [-0.05, 0) is 69.2 Å². The van der Waals surface area contributed by atoms with Gasteiger partial charge in [-0.3, -0.25) is 0 Å². The Morgan fingerprint density at radius 1 is 1.11 bits per heavy atom. The average Bonchev–Trinajstić information content (AvgIpc) is 2.63. The fourth-order valence-corrected chi connectivity index (χ4v) is 3.49. The van der Waals surface area contributed by atoms with Crippen LogP contribution in [0.5, 0.6) is 0 Å². The van der Waals surface area contributed by atoms with E-state index in [1.807, 2.05) is 7.05 Å². The van der Waals surface area contributed by atoms with Crippen LogP contribution in [0.1, 0.15) is 65.0 Å². The maximum absolute atomic E-state index is 4.36. The Morgan fingerprint density at radius 3 is 2.36 bits per heavy atom. The quantitative estimate of drug-likeness (QED) is 0.299. The Labute approximate surface area is 174 Å². The van der Waals surface area contributed by atoms with Gasteiger partial charge in [-0.1, -0.05) is 93.5 Å². The van der Waals surface area contributed by atoms with Crippen LogP contribution in [0.25, 0.3) is 0 Å². The minimum atomic E-state index is 0.356. The van der Waals surface area contributed by atoms with Crippen molar-refractivity contribution in [1.29, 1.82) is 0 Å². The van der Waals surface area contributed by atoms with E-state index in [-0.39, 0.29) is 0 Å². The second kappa shape index (κ2) is 12.6. The molecule has 0 aromatic heterocycles. The summed E-state index contributed by atoms with van der Waals surface area (Å²) in [6.07, 6.45) is 9.82. The number of allylic oxidation sites excluding steroid dienone is 5. The largest absolute Gasteiger partial charge is 0.313 e. The standard InChI is InChI=1S/C27H41N/c1-9-11-24-12-10-13-25(19-24)17-22(6)14-15-26(21(4)5)18-23(7)27(28-8)16-20(2)3/h10,12-15,19-20,27-28H,4,7,9,11,16-18H2,1-3,5-6,8H3/b22-14+,26-15-. The highest BCUT2D eigenvalue weighted by molar-refractivity contribution is 5.36. The van der Waals surface area contributed by atoms with Crippen LogP contribution in [-0.2, 0) is 12.8 Å². The smallest absolute Gasteiger partial charge is 0.0279 e. The second-order valence-electron chi connectivity index (χ2n) is 8.54. The molecule has 1 N–H and O–H groups in total. The lowest BCUT2D eigenvalue weighted by molar-refractivity contribution is 0.480. The molecule has 1 heteroatoms. The summed E-state index contributed by atoms with van der Waals surface area (Å²) in [7, 11) is 2.03. The van der Waals surface area contributed by atoms with Crippen molar-refractivity contribution < 1.29 is 0 Å². The fraction of sp³-hybridized carbons (Fsp3) is 0.481. The Kier molecular flexibility index (Phi) is 10.9. The molecular formula is C27H41N. The topological polar surface area (TPSA) is 12.0 Å². The molecule has 1 atom stereocenters. The lowest BCUT2D eigenvalue weighted by Gasteiger charge is -2.22. The third-order valence-electron chi connectivity index (χ3n) is 5.10. The first-order valence-corrected chi connectivity index (χ1v) is 10.7. The van der Waals surface area contributed by atoms with Crippen molar-refractivity contribution in [3.8, 4) is 0 Å². The van der Waals surface area contributed by atoms with Crippen LogP contribution in [0.4, 0.5) is 0 Å². The van der Waals surface area contributed by atoms with Crippen LogP contribution in [0.2, 0.25) is 0 Å². The summed E-state index contributed by atoms with van der Waals surface area (Å²) in [5, 5.41) is 3.42. The summed E-state index contributed by atoms with van der Waals surface area (Å²) in [4.78, 5) is 0. The van der Waals surface area contributed by atoms with Gasteiger partial charge in [-0.15, -0.1) is 0 Å². The highest BCUT2D eigenvalue weighted by atomic mass is 14.9. The summed E-state index contributed by atoms with van der Waals surface area (Å²) in [5.41, 5.74) is 7.82. The molecule has 0 aliphatic rings. The molecule has 0 amide bonds. The Bertz CT molecular complexity index is 703. The molecule has 0 aliphatic heterocycles. The summed E-state index contributed by atoms with van der Waals surface area (Å²) in [6, 6.07) is 9.33. The monoisotopic (exact) mass is 379 g/mol. The zero-order chi connectivity index (χ0) is 21.1. The number of benzene rings is 1. The van der Waals surface area contributed by atoms with Crippen molar-refractivity contribution in [3.63, 3.8) is 0 Å². The zero-order valence-electron chi connectivity index (χ0n) is 19.1. The van der Waals surface area contributed by atoms with Gasteiger partial charge in [-0.2, -0.15) is 0 Å². The van der Waals surface area contributed by atoms with E-state index in [0.29, 0.717) is 12.0 Å². The predicted molar refractivity (Wildman–Crippen MR) is 127 cm³/mol. The van der Waals surface area contributed by atoms with E-state index < -0.39 is 0 Å². The van der Waals surface area contributed by atoms with Crippen molar-refractivity contribution in [3.05, 3.63) is 83.0 Å². The Morgan fingerprint density at radius 2 is 1.79 bits per heavy atom. The number of aryl methyl sites for hydroxylation is 1. The Hall–Kier alpha value is -1.86. The number of nitrogens with one attached hydrogen (secondary N) is 1. The molecule has 0 aliphatic carbocycles. The predicted octanol–water partition coefficient (Wildman–Crippen LogP) is 7.21. The molecule has 1 aromatic rings. The first-order valence-electron chi connectivity index (χ1n) is 10.7. The van der Waals surface area contributed by atoms with Crippen LogP contribution in [0.3, 0.4) is 0 Å². The molecule has 1 aromatic carbocycles. The minimum absolute atomic E-state index is 0.356. The lowest BCUT2D eigenvalue weighted by atomic mass is 9.91. The summed E-state index contributed by atoms with van der Waals surface area (Å²) >= 11 is 0. The molecule has 1 rings (SSSR count). The summed E-state index contributed by atoms with van der Waals surface area (Å²) < 4.78 is 0. The van der Waals surface area contributed by atoms with Gasteiger partial charge in [0, 0.05) is 6.04 Å². The first kappa shape index (κ1) is 24.2. The van der Waals surface area contributed by atoms with E-state index in [9.17, 15) is 0 Å². The van der Waals surface area contributed by atoms with Crippen molar-refractivity contribution in [2.45, 2.75) is 72.8 Å². The van der Waals surface area contributed by atoms with Crippen LogP contribution < -0.4 is 5.32 Å². The van der Waals surface area contributed by atoms with Gasteiger partial charge in [0.25, 0.3) is 0 Å². The molecule has 1 unspecified atom stereocenters. The number of hydrogen-bond acceptors (Lipinski definition) is 1. The highest BCUT2D eigenvalue weighted by Crippen LogP contribution is 2.23. The van der Waals surface area contributed by atoms with Gasteiger partial charge >= 0.3 is 0 Å². The van der Waals surface area contributed by atoms with E-state index in [2.05, 4.69) is 89.5 Å². The zero-order valence-corrected chi connectivity index (χ0v) is 19.1. The number of likely N-dealkylation sites (N-methyl/N-ethyl adjacent to an activating group) is 1. The molecule has 154 valence electrons. The maximum atomic E-state index is 4.36.